The van der Waals surface area contributed by atoms with Crippen LogP contribution in [0.3, 0.4) is 0 Å². The molecule has 2 aromatic heterocycles. The molecule has 0 saturated carbocycles. The Morgan fingerprint density at radius 1 is 0.549 bits per heavy atom. The van der Waals surface area contributed by atoms with Crippen LogP contribution in [-0.2, 0) is 5.41 Å². The lowest BCUT2D eigenvalue weighted by atomic mass is 9.74. The van der Waals surface area contributed by atoms with E-state index in [9.17, 15) is 11.0 Å². The zero-order chi connectivity index (χ0) is 46.9. The van der Waals surface area contributed by atoms with E-state index >= 15 is 0 Å². The van der Waals surface area contributed by atoms with Crippen LogP contribution in [0, 0.1) is 0 Å². The van der Waals surface area contributed by atoms with Crippen molar-refractivity contribution in [2.24, 2.45) is 0 Å². The first kappa shape index (κ1) is 17.9. The average Bonchev–Trinajstić information content (AvgIpc) is 3.86. The summed E-state index contributed by atoms with van der Waals surface area (Å²) in [6.07, 6.45) is 0. The predicted octanol–water partition coefficient (Wildman–Crippen LogP) is 12.4. The van der Waals surface area contributed by atoms with Gasteiger partial charge in [0.2, 0.25) is 0 Å². The second-order valence-corrected chi connectivity index (χ2v) is 12.2. The van der Waals surface area contributed by atoms with Crippen molar-refractivity contribution in [3.05, 3.63) is 192 Å². The van der Waals surface area contributed by atoms with Gasteiger partial charge in [0.25, 0.3) is 0 Å². The number of fused-ring (bicyclic) bond motifs is 6. The molecule has 1 aliphatic rings. The monoisotopic (exact) mass is 667 g/mol. The van der Waals surface area contributed by atoms with Crippen molar-refractivity contribution in [2.75, 3.05) is 0 Å². The number of rotatable bonds is 5. The lowest BCUT2D eigenvalue weighted by molar-refractivity contribution is 0.669. The summed E-state index contributed by atoms with van der Waals surface area (Å²) in [4.78, 5) is 9.87. The number of hydrogen-bond acceptors (Lipinski definition) is 3. The van der Waals surface area contributed by atoms with Gasteiger partial charge in [-0.1, -0.05) is 151 Å². The minimum absolute atomic E-state index is 0.0808. The third kappa shape index (κ3) is 4.59. The molecule has 0 amide bonds. The second-order valence-electron chi connectivity index (χ2n) is 12.2. The highest BCUT2D eigenvalue weighted by atomic mass is 16.3. The quantitative estimate of drug-likeness (QED) is 0.183. The van der Waals surface area contributed by atoms with Gasteiger partial charge >= 0.3 is 0 Å². The van der Waals surface area contributed by atoms with Crippen molar-refractivity contribution in [3.63, 3.8) is 0 Å². The Kier molecular flexibility index (Phi) is 4.03. The van der Waals surface area contributed by atoms with Crippen molar-refractivity contribution >= 4 is 21.9 Å². The van der Waals surface area contributed by atoms with E-state index in [0.717, 1.165) is 27.5 Å². The van der Waals surface area contributed by atoms with Gasteiger partial charge in [0.05, 0.1) is 27.8 Å². The molecule has 7 aromatic carbocycles. The summed E-state index contributed by atoms with van der Waals surface area (Å²) >= 11 is 0. The van der Waals surface area contributed by atoms with Gasteiger partial charge in [-0.3, -0.25) is 0 Å². The molecular formula is C48H32N2O. The zero-order valence-electron chi connectivity index (χ0n) is 41.6. The Morgan fingerprint density at radius 2 is 1.25 bits per heavy atom. The normalized spacial score (nSPS) is 19.3. The van der Waals surface area contributed by atoms with Crippen molar-refractivity contribution in [1.29, 1.82) is 0 Å². The highest BCUT2D eigenvalue weighted by Crippen LogP contribution is 2.55. The van der Waals surface area contributed by atoms with Crippen LogP contribution in [0.2, 0.25) is 0 Å². The van der Waals surface area contributed by atoms with Gasteiger partial charge in [0.15, 0.2) is 5.82 Å². The number of furan rings is 1. The maximum absolute atomic E-state index is 9.53. The smallest absolute Gasteiger partial charge is 0.160 e. The van der Waals surface area contributed by atoms with E-state index in [0.29, 0.717) is 22.4 Å². The third-order valence-corrected chi connectivity index (χ3v) is 9.32. The van der Waals surface area contributed by atoms with Crippen LogP contribution in [0.25, 0.3) is 78.1 Å². The van der Waals surface area contributed by atoms with Crippen LogP contribution in [0.1, 0.15) is 44.1 Å². The summed E-state index contributed by atoms with van der Waals surface area (Å²) in [6, 6.07) is 21.0. The summed E-state index contributed by atoms with van der Waals surface area (Å²) in [7, 11) is 0. The Bertz CT molecular complexity index is 3540. The van der Waals surface area contributed by atoms with E-state index in [1.54, 1.807) is 30.3 Å². The molecule has 2 heterocycles. The Hall–Kier alpha value is -6.58. The fraction of sp³-hybridized carbons (Fsp3) is 0.0417. The van der Waals surface area contributed by atoms with Gasteiger partial charge in [-0.25, -0.2) is 9.97 Å². The van der Waals surface area contributed by atoms with E-state index in [1.165, 1.54) is 6.07 Å². The molecule has 0 aliphatic heterocycles. The molecule has 1 aliphatic carbocycles. The fourth-order valence-electron chi connectivity index (χ4n) is 7.02. The minimum Gasteiger partial charge on any atom is -0.456 e. The van der Waals surface area contributed by atoms with Gasteiger partial charge in [-0.2, -0.15) is 0 Å². The molecule has 0 saturated heterocycles. The Labute approximate surface area is 317 Å². The molecule has 3 heteroatoms. The number of benzene rings is 7. The van der Waals surface area contributed by atoms with Gasteiger partial charge in [-0.05, 0) is 70.1 Å². The average molecular weight is 668 g/mol. The van der Waals surface area contributed by atoms with Crippen molar-refractivity contribution in [1.82, 2.24) is 9.97 Å². The molecule has 0 radical (unpaired) electrons. The molecule has 3 nitrogen and oxygen atoms in total. The van der Waals surface area contributed by atoms with Gasteiger partial charge in [0, 0.05) is 37.0 Å². The van der Waals surface area contributed by atoms with Crippen LogP contribution in [0.4, 0.5) is 0 Å². The molecule has 1 atom stereocenters. The lowest BCUT2D eigenvalue weighted by Crippen LogP contribution is -2.22. The molecule has 0 spiro atoms. The standard InChI is InChI=1S/C48H32N2O/c1-48(34-19-6-3-7-20-34)39-25-10-8-21-36(39)45-37(24-13-26-40(45)48)42-30-41(49-47(50-42)31-15-4-2-5-16-31)33-18-12-17-32(29-33)35-23-14-28-44-46(35)38-22-9-11-27-43(38)51-44/h2-30H,1H3/i1D3,3D,6D,7D,8D,10D,13D,19D,20D,21D,24D,25D,26D. The van der Waals surface area contributed by atoms with Gasteiger partial charge < -0.3 is 4.42 Å². The van der Waals surface area contributed by atoms with Crippen LogP contribution in [0.5, 0.6) is 0 Å². The number of nitrogens with zero attached hydrogens (tertiary/aromatic N) is 2. The molecule has 0 N–H and O–H groups in total. The SMILES string of the molecule is [2H]c1c([2H])c([2H])c(C2(C([2H])([2H])[2H])c3c([2H])c([2H])c([2H])c([2H])c3-c3c(-c4cc(-c5cccc(-c6cccc7oc8ccccc8c67)c5)nc(-c5ccccc5)n4)c([2H])c([2H])c([2H])c32)c([2H])c1[2H]. The van der Waals surface area contributed by atoms with E-state index in [2.05, 4.69) is 0 Å². The van der Waals surface area contributed by atoms with Crippen molar-refractivity contribution in [2.45, 2.75) is 12.3 Å². The lowest BCUT2D eigenvalue weighted by Gasteiger charge is -2.28. The molecule has 9 aromatic rings. The van der Waals surface area contributed by atoms with Crippen molar-refractivity contribution in [3.8, 4) is 56.2 Å². The largest absolute Gasteiger partial charge is 0.456 e. The second kappa shape index (κ2) is 11.5. The van der Waals surface area contributed by atoms with Crippen LogP contribution in [-0.4, -0.2) is 9.97 Å². The van der Waals surface area contributed by atoms with Gasteiger partial charge in [0.1, 0.15) is 11.2 Å². The maximum Gasteiger partial charge on any atom is 0.160 e. The van der Waals surface area contributed by atoms with Gasteiger partial charge in [-0.15, -0.1) is 0 Å². The maximum atomic E-state index is 9.53. The highest BCUT2D eigenvalue weighted by molar-refractivity contribution is 6.12. The molecule has 1 unspecified atom stereocenters. The first-order valence-corrected chi connectivity index (χ1v) is 16.2. The first-order chi connectivity index (χ1) is 31.4. The summed E-state index contributed by atoms with van der Waals surface area (Å²) in [5, 5.41) is 1.81. The molecule has 0 fully saturated rings. The third-order valence-electron chi connectivity index (χ3n) is 9.32. The highest BCUT2D eigenvalue weighted by Gasteiger charge is 2.41. The minimum atomic E-state index is -3.56. The summed E-state index contributed by atoms with van der Waals surface area (Å²) in [5.41, 5.74) is -2.02. The van der Waals surface area contributed by atoms with Crippen molar-refractivity contribution < 1.29 is 25.0 Å². The number of para-hydroxylation sites is 1. The summed E-state index contributed by atoms with van der Waals surface area (Å²) in [5.74, 6) is 0.131. The molecule has 51 heavy (non-hydrogen) atoms. The predicted molar refractivity (Wildman–Crippen MR) is 208 cm³/mol. The molecule has 0 bridgehead atoms. The van der Waals surface area contributed by atoms with Crippen LogP contribution < -0.4 is 0 Å². The number of hydrogen-bond donors (Lipinski definition) is 0. The molecule has 240 valence electrons. The summed E-state index contributed by atoms with van der Waals surface area (Å²) < 4.78 is 142. The zero-order valence-corrected chi connectivity index (χ0v) is 26.6. The summed E-state index contributed by atoms with van der Waals surface area (Å²) in [6.45, 7) is -3.56. The number of aromatic nitrogens is 2. The Balaban J connectivity index is 1.34. The van der Waals surface area contributed by atoms with E-state index in [-0.39, 0.29) is 22.6 Å². The van der Waals surface area contributed by atoms with Crippen LogP contribution >= 0.6 is 0 Å². The topological polar surface area (TPSA) is 38.9 Å². The first-order valence-electron chi connectivity index (χ1n) is 23.7. The van der Waals surface area contributed by atoms with Crippen LogP contribution in [0.15, 0.2) is 180 Å². The van der Waals surface area contributed by atoms with E-state index in [4.69, 9.17) is 24.0 Å². The fourth-order valence-corrected chi connectivity index (χ4v) is 7.02. The van der Waals surface area contributed by atoms with E-state index in [1.807, 2.05) is 66.7 Å². The Morgan fingerprint density at radius 3 is 2.16 bits per heavy atom. The molecular weight excluding hydrogens is 621 g/mol. The molecule has 10 rings (SSSR count). The van der Waals surface area contributed by atoms with E-state index < -0.39 is 107 Å².